The van der Waals surface area contributed by atoms with Crippen LogP contribution in [0.3, 0.4) is 0 Å². The standard InChI is InChI=1S/C40H42N2O8/c1-3-23-41(25-27-15-19-31(20-16-27)49-29-11-7-5-8-12-29)37(43)33-34(36(40(47)48)35(33)39(45)46)38(44)42(24-4-2)26-28-17-21-32(22-18-28)50-30-13-9-6-10-14-30/h5-22,33-36H,3-4,23-26H2,1-2H3,(H,45,46)(H,47,48)/t33-,34-,35-,36-/m0/s1. The average molecular weight is 679 g/mol. The average Bonchev–Trinajstić information content (AvgIpc) is 3.09. The third-order valence-corrected chi connectivity index (χ3v) is 8.85. The molecule has 10 nitrogen and oxygen atoms in total. The number of rotatable bonds is 16. The Morgan fingerprint density at radius 1 is 0.500 bits per heavy atom. The van der Waals surface area contributed by atoms with Gasteiger partial charge >= 0.3 is 11.9 Å². The van der Waals surface area contributed by atoms with Gasteiger partial charge in [0.2, 0.25) is 11.8 Å². The van der Waals surface area contributed by atoms with Gasteiger partial charge in [-0.05, 0) is 72.5 Å². The van der Waals surface area contributed by atoms with Crippen molar-refractivity contribution in [2.45, 2.75) is 39.8 Å². The fourth-order valence-electron chi connectivity index (χ4n) is 6.49. The van der Waals surface area contributed by atoms with Gasteiger partial charge in [0.25, 0.3) is 0 Å². The number of carboxylic acids is 2. The number of benzene rings is 4. The molecule has 0 radical (unpaired) electrons. The van der Waals surface area contributed by atoms with Crippen LogP contribution in [-0.2, 0) is 32.3 Å². The van der Waals surface area contributed by atoms with Gasteiger partial charge in [0, 0.05) is 26.2 Å². The molecule has 2 amide bonds. The van der Waals surface area contributed by atoms with Crippen LogP contribution in [0.1, 0.15) is 37.8 Å². The van der Waals surface area contributed by atoms with Crippen molar-refractivity contribution in [3.05, 3.63) is 120 Å². The minimum Gasteiger partial charge on any atom is -0.481 e. The number of hydrogen-bond acceptors (Lipinski definition) is 6. The molecule has 1 aliphatic carbocycles. The fraction of sp³-hybridized carbons (Fsp3) is 0.300. The second-order valence-electron chi connectivity index (χ2n) is 12.4. The highest BCUT2D eigenvalue weighted by molar-refractivity contribution is 5.99. The lowest BCUT2D eigenvalue weighted by Gasteiger charge is -2.48. The van der Waals surface area contributed by atoms with Crippen molar-refractivity contribution in [1.29, 1.82) is 0 Å². The maximum Gasteiger partial charge on any atom is 0.308 e. The largest absolute Gasteiger partial charge is 0.481 e. The molecule has 0 saturated heterocycles. The summed E-state index contributed by atoms with van der Waals surface area (Å²) in [5.74, 6) is -7.03. The molecular weight excluding hydrogens is 636 g/mol. The van der Waals surface area contributed by atoms with Crippen molar-refractivity contribution in [2.24, 2.45) is 23.7 Å². The molecule has 4 atom stereocenters. The first kappa shape index (κ1) is 35.7. The SMILES string of the molecule is CCCN(Cc1ccc(Oc2ccccc2)cc1)C(=O)[C@@H]1[C@H](C(=O)O)[C@@H](C(=O)O)[C@H]1C(=O)N(CCC)Cc1ccc(Oc2ccccc2)cc1. The molecule has 1 aliphatic rings. The van der Waals surface area contributed by atoms with Crippen LogP contribution in [0, 0.1) is 23.7 Å². The summed E-state index contributed by atoms with van der Waals surface area (Å²) >= 11 is 0. The Morgan fingerprint density at radius 2 is 0.820 bits per heavy atom. The zero-order valence-corrected chi connectivity index (χ0v) is 28.2. The molecule has 2 N–H and O–H groups in total. The van der Waals surface area contributed by atoms with E-state index in [1.165, 1.54) is 9.80 Å². The third kappa shape index (κ3) is 8.49. The maximum absolute atomic E-state index is 14.2. The number of nitrogens with zero attached hydrogens (tertiary/aromatic N) is 2. The molecular formula is C40H42N2O8. The lowest BCUT2D eigenvalue weighted by Crippen LogP contribution is -2.64. The highest BCUT2D eigenvalue weighted by Crippen LogP contribution is 2.49. The van der Waals surface area contributed by atoms with E-state index in [1.54, 1.807) is 24.3 Å². The number of carboxylic acid groups (broad SMARTS) is 2. The second kappa shape index (κ2) is 16.6. The van der Waals surface area contributed by atoms with Crippen LogP contribution in [0.25, 0.3) is 0 Å². The third-order valence-electron chi connectivity index (χ3n) is 8.85. The molecule has 1 saturated carbocycles. The summed E-state index contributed by atoms with van der Waals surface area (Å²) in [7, 11) is 0. The molecule has 1 fully saturated rings. The molecule has 4 aromatic rings. The molecule has 260 valence electrons. The zero-order chi connectivity index (χ0) is 35.6. The lowest BCUT2D eigenvalue weighted by molar-refractivity contribution is -0.187. The van der Waals surface area contributed by atoms with E-state index in [9.17, 15) is 29.4 Å². The predicted octanol–water partition coefficient (Wildman–Crippen LogP) is 7.10. The van der Waals surface area contributed by atoms with Gasteiger partial charge < -0.3 is 29.5 Å². The molecule has 0 heterocycles. The molecule has 0 spiro atoms. The van der Waals surface area contributed by atoms with E-state index in [4.69, 9.17) is 9.47 Å². The number of carbonyl (C=O) groups excluding carboxylic acids is 2. The van der Waals surface area contributed by atoms with E-state index in [2.05, 4.69) is 0 Å². The summed E-state index contributed by atoms with van der Waals surface area (Å²) in [5, 5.41) is 20.3. The molecule has 50 heavy (non-hydrogen) atoms. The van der Waals surface area contributed by atoms with Crippen molar-refractivity contribution < 1.29 is 38.9 Å². The van der Waals surface area contributed by atoms with Crippen molar-refractivity contribution >= 4 is 23.8 Å². The number of hydrogen-bond donors (Lipinski definition) is 2. The van der Waals surface area contributed by atoms with Crippen LogP contribution >= 0.6 is 0 Å². The van der Waals surface area contributed by atoms with Gasteiger partial charge in [-0.2, -0.15) is 0 Å². The molecule has 0 aliphatic heterocycles. The van der Waals surface area contributed by atoms with Crippen LogP contribution in [0.15, 0.2) is 109 Å². The van der Waals surface area contributed by atoms with Crippen molar-refractivity contribution in [1.82, 2.24) is 9.80 Å². The summed E-state index contributed by atoms with van der Waals surface area (Å²) in [6, 6.07) is 33.1. The lowest BCUT2D eigenvalue weighted by atomic mass is 9.55. The quantitative estimate of drug-likeness (QED) is 0.128. The number of carbonyl (C=O) groups is 4. The van der Waals surface area contributed by atoms with Crippen molar-refractivity contribution in [3.63, 3.8) is 0 Å². The van der Waals surface area contributed by atoms with Crippen LogP contribution in [0.2, 0.25) is 0 Å². The van der Waals surface area contributed by atoms with E-state index in [1.807, 2.05) is 98.8 Å². The van der Waals surface area contributed by atoms with Gasteiger partial charge in [-0.25, -0.2) is 0 Å². The van der Waals surface area contributed by atoms with Crippen LogP contribution in [0.4, 0.5) is 0 Å². The summed E-state index contributed by atoms with van der Waals surface area (Å²) in [5.41, 5.74) is 1.56. The van der Waals surface area contributed by atoms with Crippen LogP contribution in [0.5, 0.6) is 23.0 Å². The van der Waals surface area contributed by atoms with Crippen LogP contribution < -0.4 is 9.47 Å². The van der Waals surface area contributed by atoms with E-state index in [0.717, 1.165) is 11.1 Å². The van der Waals surface area contributed by atoms with Gasteiger partial charge in [-0.3, -0.25) is 19.2 Å². The Morgan fingerprint density at radius 3 is 1.12 bits per heavy atom. The van der Waals surface area contributed by atoms with Gasteiger partial charge in [0.05, 0.1) is 23.7 Å². The Kier molecular flexibility index (Phi) is 11.9. The number of amides is 2. The summed E-state index contributed by atoms with van der Waals surface area (Å²) in [6.07, 6.45) is 1.16. The normalized spacial score (nSPS) is 18.0. The number of aliphatic carboxylic acids is 2. The minimum absolute atomic E-state index is 0.163. The Hall–Kier alpha value is -5.64. The highest BCUT2D eigenvalue weighted by Gasteiger charge is 2.64. The molecule has 0 aromatic heterocycles. The van der Waals surface area contributed by atoms with Crippen LogP contribution in [-0.4, -0.2) is 56.9 Å². The Balaban J connectivity index is 1.35. The van der Waals surface area contributed by atoms with E-state index >= 15 is 0 Å². The second-order valence-corrected chi connectivity index (χ2v) is 12.4. The molecule has 4 aromatic carbocycles. The number of para-hydroxylation sites is 2. The maximum atomic E-state index is 14.2. The Bertz CT molecular complexity index is 1620. The fourth-order valence-corrected chi connectivity index (χ4v) is 6.49. The van der Waals surface area contributed by atoms with Gasteiger partial charge in [0.1, 0.15) is 23.0 Å². The molecule has 10 heteroatoms. The van der Waals surface area contributed by atoms with Gasteiger partial charge in [0.15, 0.2) is 0 Å². The summed E-state index contributed by atoms with van der Waals surface area (Å²) in [6.45, 7) is 4.73. The molecule has 5 rings (SSSR count). The molecule has 0 unspecified atom stereocenters. The zero-order valence-electron chi connectivity index (χ0n) is 28.2. The highest BCUT2D eigenvalue weighted by atomic mass is 16.5. The molecule has 0 bridgehead atoms. The Labute approximate surface area is 291 Å². The van der Waals surface area contributed by atoms with Crippen molar-refractivity contribution in [3.8, 4) is 23.0 Å². The summed E-state index contributed by atoms with van der Waals surface area (Å²) < 4.78 is 11.8. The number of ether oxygens (including phenoxy) is 2. The minimum atomic E-state index is -1.53. The first-order valence-electron chi connectivity index (χ1n) is 16.9. The predicted molar refractivity (Wildman–Crippen MR) is 187 cm³/mol. The van der Waals surface area contributed by atoms with Gasteiger partial charge in [-0.1, -0.05) is 74.5 Å². The van der Waals surface area contributed by atoms with E-state index < -0.39 is 47.4 Å². The van der Waals surface area contributed by atoms with E-state index in [0.29, 0.717) is 48.9 Å². The van der Waals surface area contributed by atoms with Crippen molar-refractivity contribution in [2.75, 3.05) is 13.1 Å². The first-order valence-corrected chi connectivity index (χ1v) is 16.9. The first-order chi connectivity index (χ1) is 24.2. The van der Waals surface area contributed by atoms with E-state index in [-0.39, 0.29) is 13.1 Å². The van der Waals surface area contributed by atoms with Gasteiger partial charge in [-0.15, -0.1) is 0 Å². The monoisotopic (exact) mass is 678 g/mol. The smallest absolute Gasteiger partial charge is 0.308 e. The topological polar surface area (TPSA) is 134 Å². The summed E-state index contributed by atoms with van der Waals surface area (Å²) in [4.78, 5) is 56.4.